The summed E-state index contributed by atoms with van der Waals surface area (Å²) in [4.78, 5) is 4.13. The molecule has 0 amide bonds. The summed E-state index contributed by atoms with van der Waals surface area (Å²) in [7, 11) is 0. The predicted molar refractivity (Wildman–Crippen MR) is 87.5 cm³/mol. The highest BCUT2D eigenvalue weighted by Crippen LogP contribution is 2.33. The minimum absolute atomic E-state index is 0.364. The lowest BCUT2D eigenvalue weighted by atomic mass is 9.88. The molecule has 0 saturated heterocycles. The molecule has 1 aromatic carbocycles. The Balaban J connectivity index is 1.90. The van der Waals surface area contributed by atoms with Gasteiger partial charge < -0.3 is 5.32 Å². The van der Waals surface area contributed by atoms with Crippen molar-refractivity contribution < 1.29 is 0 Å². The fourth-order valence-corrected chi connectivity index (χ4v) is 3.45. The van der Waals surface area contributed by atoms with Gasteiger partial charge in [0.2, 0.25) is 0 Å². The zero-order valence-corrected chi connectivity index (χ0v) is 13.0. The van der Waals surface area contributed by atoms with Gasteiger partial charge in [0.05, 0.1) is 0 Å². The van der Waals surface area contributed by atoms with Crippen LogP contribution in [0.25, 0.3) is 0 Å². The van der Waals surface area contributed by atoms with E-state index in [9.17, 15) is 0 Å². The molecule has 2 nitrogen and oxygen atoms in total. The van der Waals surface area contributed by atoms with Crippen molar-refractivity contribution in [1.82, 2.24) is 10.3 Å². The molecule has 2 aromatic rings. The monoisotopic (exact) mass is 280 g/mol. The van der Waals surface area contributed by atoms with Crippen LogP contribution in [0.2, 0.25) is 0 Å². The molecule has 0 fully saturated rings. The van der Waals surface area contributed by atoms with Gasteiger partial charge in [-0.2, -0.15) is 0 Å². The highest BCUT2D eigenvalue weighted by atomic mass is 14.9. The Bertz CT molecular complexity index is 592. The molecular formula is C19H24N2. The first kappa shape index (κ1) is 14.3. The van der Waals surface area contributed by atoms with E-state index in [0.29, 0.717) is 12.0 Å². The van der Waals surface area contributed by atoms with Gasteiger partial charge in [0.25, 0.3) is 0 Å². The molecule has 21 heavy (non-hydrogen) atoms. The predicted octanol–water partition coefficient (Wildman–Crippen LogP) is 4.02. The fraction of sp³-hybridized carbons (Fsp3) is 0.421. The van der Waals surface area contributed by atoms with Crippen LogP contribution in [0.3, 0.4) is 0 Å². The molecule has 110 valence electrons. The molecule has 1 N–H and O–H groups in total. The van der Waals surface area contributed by atoms with Gasteiger partial charge in [0.1, 0.15) is 0 Å². The molecule has 3 rings (SSSR count). The molecule has 2 atom stereocenters. The number of nitrogens with zero attached hydrogens (tertiary/aromatic N) is 1. The van der Waals surface area contributed by atoms with Gasteiger partial charge >= 0.3 is 0 Å². The number of pyridine rings is 1. The average molecular weight is 280 g/mol. The van der Waals surface area contributed by atoms with Gasteiger partial charge in [-0.1, -0.05) is 32.0 Å². The summed E-state index contributed by atoms with van der Waals surface area (Å²) in [5, 5.41) is 3.67. The van der Waals surface area contributed by atoms with Crippen LogP contribution < -0.4 is 5.32 Å². The highest BCUT2D eigenvalue weighted by Gasteiger charge is 2.21. The first-order valence-corrected chi connectivity index (χ1v) is 8.04. The van der Waals surface area contributed by atoms with Crippen molar-refractivity contribution >= 4 is 0 Å². The summed E-state index contributed by atoms with van der Waals surface area (Å²) in [5.74, 6) is 0.437. The Morgan fingerprint density at radius 1 is 1.05 bits per heavy atom. The molecule has 0 saturated carbocycles. The summed E-state index contributed by atoms with van der Waals surface area (Å²) in [6.07, 6.45) is 7.58. The van der Waals surface area contributed by atoms with Crippen LogP contribution in [-0.2, 0) is 12.8 Å². The van der Waals surface area contributed by atoms with Gasteiger partial charge in [-0.25, -0.2) is 0 Å². The quantitative estimate of drug-likeness (QED) is 0.894. The summed E-state index contributed by atoms with van der Waals surface area (Å²) >= 11 is 0. The standard InChI is InChI=1S/C19H24N2/c1-3-21-19(14(2)15-9-11-20-12-10-15)18-8-7-16-5-4-6-17(16)13-18/h7-14,19,21H,3-6H2,1-2H3. The first-order chi connectivity index (χ1) is 10.3. The van der Waals surface area contributed by atoms with E-state index in [0.717, 1.165) is 6.54 Å². The zero-order chi connectivity index (χ0) is 14.7. The minimum atomic E-state index is 0.364. The summed E-state index contributed by atoms with van der Waals surface area (Å²) in [5.41, 5.74) is 5.86. The van der Waals surface area contributed by atoms with Gasteiger partial charge in [-0.3, -0.25) is 4.98 Å². The molecule has 1 aliphatic carbocycles. The van der Waals surface area contributed by atoms with Crippen molar-refractivity contribution in [3.8, 4) is 0 Å². The van der Waals surface area contributed by atoms with Crippen LogP contribution in [-0.4, -0.2) is 11.5 Å². The van der Waals surface area contributed by atoms with Crippen LogP contribution >= 0.6 is 0 Å². The second-order valence-electron chi connectivity index (χ2n) is 5.99. The number of hydrogen-bond donors (Lipinski definition) is 1. The van der Waals surface area contributed by atoms with Crippen molar-refractivity contribution in [2.24, 2.45) is 0 Å². The third-order valence-corrected chi connectivity index (χ3v) is 4.64. The molecule has 2 heteroatoms. The number of hydrogen-bond acceptors (Lipinski definition) is 2. The van der Waals surface area contributed by atoms with Gasteiger partial charge in [-0.15, -0.1) is 0 Å². The number of benzene rings is 1. The third-order valence-electron chi connectivity index (χ3n) is 4.64. The normalized spacial score (nSPS) is 16.5. The van der Waals surface area contributed by atoms with E-state index in [2.05, 4.69) is 54.5 Å². The smallest absolute Gasteiger partial charge is 0.0386 e. The summed E-state index contributed by atoms with van der Waals surface area (Å²) in [6, 6.07) is 11.7. The van der Waals surface area contributed by atoms with E-state index in [1.54, 1.807) is 11.1 Å². The molecule has 0 spiro atoms. The molecule has 1 aromatic heterocycles. The SMILES string of the molecule is CCNC(c1ccc2c(c1)CCC2)C(C)c1ccncc1. The van der Waals surface area contributed by atoms with Gasteiger partial charge in [0, 0.05) is 24.4 Å². The van der Waals surface area contributed by atoms with Crippen LogP contribution in [0.1, 0.15) is 54.5 Å². The van der Waals surface area contributed by atoms with E-state index >= 15 is 0 Å². The summed E-state index contributed by atoms with van der Waals surface area (Å²) < 4.78 is 0. The lowest BCUT2D eigenvalue weighted by Crippen LogP contribution is -2.26. The van der Waals surface area contributed by atoms with E-state index in [1.807, 2.05) is 12.4 Å². The third kappa shape index (κ3) is 3.01. The zero-order valence-electron chi connectivity index (χ0n) is 13.0. The second kappa shape index (κ2) is 6.40. The largest absolute Gasteiger partial charge is 0.310 e. The topological polar surface area (TPSA) is 24.9 Å². The second-order valence-corrected chi connectivity index (χ2v) is 5.99. The van der Waals surface area contributed by atoms with E-state index in [-0.39, 0.29) is 0 Å². The van der Waals surface area contributed by atoms with Crippen LogP contribution in [0.15, 0.2) is 42.7 Å². The maximum atomic E-state index is 4.13. The first-order valence-electron chi connectivity index (χ1n) is 8.04. The molecule has 1 aliphatic rings. The Kier molecular flexibility index (Phi) is 4.35. The number of aryl methyl sites for hydroxylation is 2. The summed E-state index contributed by atoms with van der Waals surface area (Å²) in [6.45, 7) is 5.46. The number of likely N-dealkylation sites (N-methyl/N-ethyl adjacent to an activating group) is 1. The molecule has 0 aliphatic heterocycles. The lowest BCUT2D eigenvalue weighted by Gasteiger charge is -2.26. The van der Waals surface area contributed by atoms with Crippen molar-refractivity contribution in [2.75, 3.05) is 6.54 Å². The lowest BCUT2D eigenvalue weighted by molar-refractivity contribution is 0.479. The number of fused-ring (bicyclic) bond motifs is 1. The van der Waals surface area contributed by atoms with Crippen LogP contribution in [0.4, 0.5) is 0 Å². The van der Waals surface area contributed by atoms with Crippen molar-refractivity contribution in [1.29, 1.82) is 0 Å². The number of aromatic nitrogens is 1. The maximum Gasteiger partial charge on any atom is 0.0386 e. The van der Waals surface area contributed by atoms with E-state index in [4.69, 9.17) is 0 Å². The minimum Gasteiger partial charge on any atom is -0.310 e. The molecular weight excluding hydrogens is 256 g/mol. The van der Waals surface area contributed by atoms with Crippen molar-refractivity contribution in [3.63, 3.8) is 0 Å². The molecule has 0 bridgehead atoms. The molecule has 1 heterocycles. The Morgan fingerprint density at radius 3 is 2.57 bits per heavy atom. The molecule has 0 radical (unpaired) electrons. The Hall–Kier alpha value is -1.67. The number of rotatable bonds is 5. The van der Waals surface area contributed by atoms with E-state index < -0.39 is 0 Å². The fourth-order valence-electron chi connectivity index (χ4n) is 3.45. The van der Waals surface area contributed by atoms with Gasteiger partial charge in [0.15, 0.2) is 0 Å². The van der Waals surface area contributed by atoms with Crippen LogP contribution in [0, 0.1) is 0 Å². The Morgan fingerprint density at radius 2 is 1.81 bits per heavy atom. The number of nitrogens with one attached hydrogen (secondary N) is 1. The van der Waals surface area contributed by atoms with Crippen molar-refractivity contribution in [3.05, 3.63) is 65.0 Å². The maximum absolute atomic E-state index is 4.13. The Labute approximate surface area is 127 Å². The highest BCUT2D eigenvalue weighted by molar-refractivity contribution is 5.38. The molecule has 2 unspecified atom stereocenters. The van der Waals surface area contributed by atoms with E-state index in [1.165, 1.54) is 30.4 Å². The average Bonchev–Trinajstić information content (AvgIpc) is 3.00. The van der Waals surface area contributed by atoms with Crippen molar-refractivity contribution in [2.45, 2.75) is 45.1 Å². The van der Waals surface area contributed by atoms with Gasteiger partial charge in [-0.05, 0) is 60.2 Å². The van der Waals surface area contributed by atoms with Crippen LogP contribution in [0.5, 0.6) is 0 Å².